The van der Waals surface area contributed by atoms with Crippen LogP contribution in [0.4, 0.5) is 0 Å². The first-order valence-corrected chi connectivity index (χ1v) is 6.54. The minimum absolute atomic E-state index is 0.0492. The third-order valence-electron chi connectivity index (χ3n) is 1.95. The van der Waals surface area contributed by atoms with Crippen molar-refractivity contribution in [2.75, 3.05) is 6.54 Å². The number of hydrogen-bond donors (Lipinski definition) is 2. The molecule has 1 rings (SSSR count). The molecule has 5 heteroatoms. The summed E-state index contributed by atoms with van der Waals surface area (Å²) in [5.74, 6) is 0.0492. The molecular weight excluding hydrogens is 276 g/mol. The van der Waals surface area contributed by atoms with Crippen LogP contribution in [0.15, 0.2) is 15.9 Å². The highest BCUT2D eigenvalue weighted by Gasteiger charge is 2.10. The van der Waals surface area contributed by atoms with Crippen LogP contribution in [0.2, 0.25) is 0 Å². The van der Waals surface area contributed by atoms with Gasteiger partial charge in [0, 0.05) is 27.8 Å². The average molecular weight is 291 g/mol. The van der Waals surface area contributed by atoms with Crippen molar-refractivity contribution in [3.63, 3.8) is 0 Å². The minimum Gasteiger partial charge on any atom is -0.355 e. The Bertz CT molecular complexity index is 327. The van der Waals surface area contributed by atoms with Crippen molar-refractivity contribution in [3.05, 3.63) is 20.8 Å². The van der Waals surface area contributed by atoms with Gasteiger partial charge in [0.25, 0.3) is 0 Å². The number of hydrogen-bond acceptors (Lipinski definition) is 3. The number of halogens is 1. The minimum atomic E-state index is -0.147. The van der Waals surface area contributed by atoms with Crippen molar-refractivity contribution in [1.29, 1.82) is 0 Å². The molecule has 15 heavy (non-hydrogen) atoms. The second kappa shape index (κ2) is 6.25. The van der Waals surface area contributed by atoms with Crippen LogP contribution >= 0.6 is 27.3 Å². The molecule has 1 heterocycles. The van der Waals surface area contributed by atoms with E-state index in [1.807, 2.05) is 19.2 Å². The molecule has 0 bridgehead atoms. The Hall–Kier alpha value is -0.390. The number of amides is 1. The maximum absolute atomic E-state index is 11.4. The lowest BCUT2D eigenvalue weighted by Crippen LogP contribution is -2.41. The SMILES string of the molecule is CCNC(=O)C(C)NCc1cc(Br)cs1. The van der Waals surface area contributed by atoms with E-state index in [0.717, 1.165) is 11.0 Å². The van der Waals surface area contributed by atoms with E-state index in [0.29, 0.717) is 6.54 Å². The zero-order chi connectivity index (χ0) is 11.3. The fourth-order valence-corrected chi connectivity index (χ4v) is 2.52. The van der Waals surface area contributed by atoms with Crippen LogP contribution in [0.1, 0.15) is 18.7 Å². The fourth-order valence-electron chi connectivity index (χ4n) is 1.12. The summed E-state index contributed by atoms with van der Waals surface area (Å²) in [6.45, 7) is 5.19. The molecular formula is C10H15BrN2OS. The van der Waals surface area contributed by atoms with Crippen LogP contribution in [0.25, 0.3) is 0 Å². The van der Waals surface area contributed by atoms with Gasteiger partial charge in [-0.2, -0.15) is 0 Å². The van der Waals surface area contributed by atoms with E-state index in [4.69, 9.17) is 0 Å². The summed E-state index contributed by atoms with van der Waals surface area (Å²) < 4.78 is 1.09. The molecule has 1 atom stereocenters. The van der Waals surface area contributed by atoms with Crippen molar-refractivity contribution < 1.29 is 4.79 Å². The summed E-state index contributed by atoms with van der Waals surface area (Å²) in [4.78, 5) is 12.6. The van der Waals surface area contributed by atoms with E-state index in [-0.39, 0.29) is 11.9 Å². The molecule has 0 saturated carbocycles. The van der Waals surface area contributed by atoms with E-state index in [1.54, 1.807) is 11.3 Å². The highest BCUT2D eigenvalue weighted by atomic mass is 79.9. The van der Waals surface area contributed by atoms with E-state index in [9.17, 15) is 4.79 Å². The fraction of sp³-hybridized carbons (Fsp3) is 0.500. The smallest absolute Gasteiger partial charge is 0.236 e. The topological polar surface area (TPSA) is 41.1 Å². The molecule has 84 valence electrons. The lowest BCUT2D eigenvalue weighted by molar-refractivity contribution is -0.122. The number of carbonyl (C=O) groups is 1. The van der Waals surface area contributed by atoms with Gasteiger partial charge < -0.3 is 10.6 Å². The van der Waals surface area contributed by atoms with Gasteiger partial charge in [0.05, 0.1) is 6.04 Å². The maximum Gasteiger partial charge on any atom is 0.236 e. The molecule has 0 aliphatic carbocycles. The molecule has 0 aliphatic rings. The van der Waals surface area contributed by atoms with E-state index in [1.165, 1.54) is 4.88 Å². The Morgan fingerprint density at radius 2 is 2.40 bits per heavy atom. The Morgan fingerprint density at radius 1 is 1.67 bits per heavy atom. The van der Waals surface area contributed by atoms with Crippen LogP contribution in [-0.4, -0.2) is 18.5 Å². The molecule has 2 N–H and O–H groups in total. The first-order chi connectivity index (χ1) is 7.13. The number of likely N-dealkylation sites (N-methyl/N-ethyl adjacent to an activating group) is 1. The predicted octanol–water partition coefficient (Wildman–Crippen LogP) is 2.12. The van der Waals surface area contributed by atoms with Crippen LogP contribution < -0.4 is 10.6 Å². The van der Waals surface area contributed by atoms with Crippen LogP contribution in [0.3, 0.4) is 0 Å². The zero-order valence-electron chi connectivity index (χ0n) is 8.84. The van der Waals surface area contributed by atoms with Gasteiger partial charge in [0.1, 0.15) is 0 Å². The molecule has 1 aromatic rings. The van der Waals surface area contributed by atoms with Crippen molar-refractivity contribution in [2.45, 2.75) is 26.4 Å². The standard InChI is InChI=1S/C10H15BrN2OS/c1-3-12-10(14)7(2)13-5-9-4-8(11)6-15-9/h4,6-7,13H,3,5H2,1-2H3,(H,12,14). The summed E-state index contributed by atoms with van der Waals surface area (Å²) in [6, 6.07) is 1.91. The monoisotopic (exact) mass is 290 g/mol. The van der Waals surface area contributed by atoms with Gasteiger partial charge in [0.15, 0.2) is 0 Å². The molecule has 1 unspecified atom stereocenters. The lowest BCUT2D eigenvalue weighted by atomic mass is 10.3. The molecule has 0 saturated heterocycles. The van der Waals surface area contributed by atoms with Gasteiger partial charge in [-0.3, -0.25) is 4.79 Å². The van der Waals surface area contributed by atoms with Crippen molar-refractivity contribution in [1.82, 2.24) is 10.6 Å². The normalized spacial score (nSPS) is 12.5. The van der Waals surface area contributed by atoms with Crippen LogP contribution in [0.5, 0.6) is 0 Å². The van der Waals surface area contributed by atoms with Crippen LogP contribution in [-0.2, 0) is 11.3 Å². The Morgan fingerprint density at radius 3 is 2.93 bits per heavy atom. The average Bonchev–Trinajstić information content (AvgIpc) is 2.61. The molecule has 3 nitrogen and oxygen atoms in total. The number of carbonyl (C=O) groups excluding carboxylic acids is 1. The highest BCUT2D eigenvalue weighted by Crippen LogP contribution is 2.19. The molecule has 0 aromatic carbocycles. The van der Waals surface area contributed by atoms with Gasteiger partial charge in [-0.1, -0.05) is 0 Å². The number of nitrogens with one attached hydrogen (secondary N) is 2. The first kappa shape index (κ1) is 12.7. The van der Waals surface area contributed by atoms with Gasteiger partial charge in [-0.25, -0.2) is 0 Å². The zero-order valence-corrected chi connectivity index (χ0v) is 11.2. The molecule has 0 spiro atoms. The number of thiophene rings is 1. The maximum atomic E-state index is 11.4. The predicted molar refractivity (Wildman–Crippen MR) is 67.0 cm³/mol. The van der Waals surface area contributed by atoms with Crippen molar-refractivity contribution in [3.8, 4) is 0 Å². The molecule has 0 radical (unpaired) electrons. The van der Waals surface area contributed by atoms with Crippen molar-refractivity contribution >= 4 is 33.2 Å². The van der Waals surface area contributed by atoms with Gasteiger partial charge >= 0.3 is 0 Å². The first-order valence-electron chi connectivity index (χ1n) is 4.87. The second-order valence-electron chi connectivity index (χ2n) is 3.23. The molecule has 0 aliphatic heterocycles. The second-order valence-corrected chi connectivity index (χ2v) is 5.14. The van der Waals surface area contributed by atoms with E-state index < -0.39 is 0 Å². The third-order valence-corrected chi connectivity index (χ3v) is 3.65. The van der Waals surface area contributed by atoms with Gasteiger partial charge in [-0.15, -0.1) is 11.3 Å². The van der Waals surface area contributed by atoms with Gasteiger partial charge in [-0.05, 0) is 35.8 Å². The number of rotatable bonds is 5. The highest BCUT2D eigenvalue weighted by molar-refractivity contribution is 9.10. The van der Waals surface area contributed by atoms with E-state index >= 15 is 0 Å². The molecule has 1 aromatic heterocycles. The molecule has 0 fully saturated rings. The molecule has 1 amide bonds. The van der Waals surface area contributed by atoms with E-state index in [2.05, 4.69) is 32.6 Å². The third kappa shape index (κ3) is 4.32. The summed E-state index contributed by atoms with van der Waals surface area (Å²) in [5.41, 5.74) is 0. The summed E-state index contributed by atoms with van der Waals surface area (Å²) in [7, 11) is 0. The lowest BCUT2D eigenvalue weighted by Gasteiger charge is -2.12. The quantitative estimate of drug-likeness (QED) is 0.872. The Labute approximate surface area is 102 Å². The summed E-state index contributed by atoms with van der Waals surface area (Å²) in [6.07, 6.45) is 0. The summed E-state index contributed by atoms with van der Waals surface area (Å²) >= 11 is 5.07. The summed E-state index contributed by atoms with van der Waals surface area (Å²) in [5, 5.41) is 7.99. The Balaban J connectivity index is 2.33. The largest absolute Gasteiger partial charge is 0.355 e. The van der Waals surface area contributed by atoms with Gasteiger partial charge in [0.2, 0.25) is 5.91 Å². The van der Waals surface area contributed by atoms with Crippen molar-refractivity contribution in [2.24, 2.45) is 0 Å². The van der Waals surface area contributed by atoms with Crippen LogP contribution in [0, 0.1) is 0 Å². The Kier molecular flexibility index (Phi) is 5.28.